The lowest BCUT2D eigenvalue weighted by molar-refractivity contribution is -0.384. The van der Waals surface area contributed by atoms with E-state index in [2.05, 4.69) is 10.2 Å². The fourth-order valence-electron chi connectivity index (χ4n) is 3.80. The predicted octanol–water partition coefficient (Wildman–Crippen LogP) is 3.95. The van der Waals surface area contributed by atoms with Crippen LogP contribution in [0.1, 0.15) is 41.5 Å². The minimum absolute atomic E-state index is 0.0124. The van der Waals surface area contributed by atoms with Crippen LogP contribution in [0.15, 0.2) is 48.5 Å². The summed E-state index contributed by atoms with van der Waals surface area (Å²) in [6.45, 7) is 3.85. The van der Waals surface area contributed by atoms with Crippen LogP contribution in [0.25, 0.3) is 11.3 Å². The third-order valence-electron chi connectivity index (χ3n) is 5.12. The summed E-state index contributed by atoms with van der Waals surface area (Å²) in [5, 5.41) is 18.6. The summed E-state index contributed by atoms with van der Waals surface area (Å²) in [5.74, 6) is 0.551. The van der Waals surface area contributed by atoms with Crippen LogP contribution in [0, 0.1) is 10.1 Å². The lowest BCUT2D eigenvalue weighted by Gasteiger charge is -2.29. The first-order valence-corrected chi connectivity index (χ1v) is 9.22. The van der Waals surface area contributed by atoms with E-state index in [1.165, 1.54) is 12.1 Å². The highest BCUT2D eigenvalue weighted by Crippen LogP contribution is 2.44. The number of carbonyl (C=O) groups excluding carboxylic acids is 1. The molecule has 0 bridgehead atoms. The molecule has 8 nitrogen and oxygen atoms in total. The molecule has 3 aromatic rings. The lowest BCUT2D eigenvalue weighted by atomic mass is 9.95. The summed E-state index contributed by atoms with van der Waals surface area (Å²) in [5.41, 5.74) is 3.29. The Balaban J connectivity index is 1.89. The van der Waals surface area contributed by atoms with Crippen molar-refractivity contribution in [2.45, 2.75) is 25.9 Å². The van der Waals surface area contributed by atoms with E-state index in [0.29, 0.717) is 17.0 Å². The third kappa shape index (κ3) is 3.02. The summed E-state index contributed by atoms with van der Waals surface area (Å²) >= 11 is 0. The molecule has 1 aliphatic heterocycles. The highest BCUT2D eigenvalue weighted by atomic mass is 16.6. The number of rotatable bonds is 5. The fraction of sp³-hybridized carbons (Fsp3) is 0.238. The molecule has 1 aromatic heterocycles. The molecule has 0 aliphatic carbocycles. The van der Waals surface area contributed by atoms with Gasteiger partial charge in [-0.2, -0.15) is 5.10 Å². The number of hydrogen-bond acceptors (Lipinski definition) is 5. The number of benzene rings is 2. The van der Waals surface area contributed by atoms with Crippen molar-refractivity contribution in [3.05, 3.63) is 75.5 Å². The Labute approximate surface area is 167 Å². The molecule has 1 N–H and O–H groups in total. The molecule has 8 heteroatoms. The zero-order valence-corrected chi connectivity index (χ0v) is 16.2. The molecule has 1 unspecified atom stereocenters. The van der Waals surface area contributed by atoms with Gasteiger partial charge in [0.05, 0.1) is 23.8 Å². The molecule has 0 spiro atoms. The van der Waals surface area contributed by atoms with Gasteiger partial charge < -0.3 is 9.64 Å². The van der Waals surface area contributed by atoms with Crippen molar-refractivity contribution in [1.82, 2.24) is 15.1 Å². The van der Waals surface area contributed by atoms with E-state index in [9.17, 15) is 14.9 Å². The van der Waals surface area contributed by atoms with Gasteiger partial charge in [-0.1, -0.05) is 12.1 Å². The molecule has 0 saturated heterocycles. The smallest absolute Gasteiger partial charge is 0.273 e. The first-order valence-electron chi connectivity index (χ1n) is 9.22. The standard InChI is InChI=1S/C21H20N4O4/c1-12(2)24-20(14-5-4-6-15(11-14)25(27)28)17-18(22-23-19(17)21(24)26)13-7-9-16(29-3)10-8-13/h4-12,20H,1-3H3,(H,22,23). The number of fused-ring (bicyclic) bond motifs is 1. The van der Waals surface area contributed by atoms with Crippen LogP contribution in [0.3, 0.4) is 0 Å². The van der Waals surface area contributed by atoms with Gasteiger partial charge in [0.2, 0.25) is 0 Å². The maximum atomic E-state index is 13.1. The van der Waals surface area contributed by atoms with E-state index in [4.69, 9.17) is 4.74 Å². The highest BCUT2D eigenvalue weighted by Gasteiger charge is 2.43. The molecular formula is C21H20N4O4. The summed E-state index contributed by atoms with van der Waals surface area (Å²) in [6.07, 6.45) is 0. The second kappa shape index (κ2) is 7.05. The predicted molar refractivity (Wildman–Crippen MR) is 107 cm³/mol. The number of non-ortho nitro benzene ring substituents is 1. The Morgan fingerprint density at radius 3 is 2.55 bits per heavy atom. The molecule has 2 aromatic carbocycles. The van der Waals surface area contributed by atoms with Crippen molar-refractivity contribution in [3.8, 4) is 17.0 Å². The van der Waals surface area contributed by atoms with Gasteiger partial charge in [-0.3, -0.25) is 20.0 Å². The van der Waals surface area contributed by atoms with Gasteiger partial charge in [-0.25, -0.2) is 0 Å². The third-order valence-corrected chi connectivity index (χ3v) is 5.12. The Hall–Kier alpha value is -3.68. The van der Waals surface area contributed by atoms with E-state index < -0.39 is 11.0 Å². The van der Waals surface area contributed by atoms with E-state index in [0.717, 1.165) is 16.9 Å². The summed E-state index contributed by atoms with van der Waals surface area (Å²) in [6, 6.07) is 13.3. The molecule has 0 fully saturated rings. The Morgan fingerprint density at radius 1 is 1.21 bits per heavy atom. The van der Waals surface area contributed by atoms with Gasteiger partial charge in [0.25, 0.3) is 11.6 Å². The number of methoxy groups -OCH3 is 1. The molecule has 29 heavy (non-hydrogen) atoms. The van der Waals surface area contributed by atoms with Gasteiger partial charge >= 0.3 is 0 Å². The van der Waals surface area contributed by atoms with Crippen molar-refractivity contribution in [2.24, 2.45) is 0 Å². The minimum atomic E-state index is -0.465. The zero-order valence-electron chi connectivity index (χ0n) is 16.2. The lowest BCUT2D eigenvalue weighted by Crippen LogP contribution is -2.35. The van der Waals surface area contributed by atoms with Crippen LogP contribution in [-0.4, -0.2) is 39.1 Å². The van der Waals surface area contributed by atoms with Crippen molar-refractivity contribution in [2.75, 3.05) is 7.11 Å². The number of nitrogens with one attached hydrogen (secondary N) is 1. The van der Waals surface area contributed by atoms with Gasteiger partial charge in [-0.05, 0) is 43.7 Å². The maximum absolute atomic E-state index is 13.1. The summed E-state index contributed by atoms with van der Waals surface area (Å²) < 4.78 is 5.22. The number of nitrogens with zero attached hydrogens (tertiary/aromatic N) is 3. The number of ether oxygens (including phenoxy) is 1. The number of aromatic amines is 1. The number of hydrogen-bond donors (Lipinski definition) is 1. The molecule has 2 heterocycles. The number of amides is 1. The van der Waals surface area contributed by atoms with E-state index in [1.54, 1.807) is 24.1 Å². The average Bonchev–Trinajstić information content (AvgIpc) is 3.27. The number of nitro groups is 1. The monoisotopic (exact) mass is 392 g/mol. The molecule has 4 rings (SSSR count). The Bertz CT molecular complexity index is 1090. The molecular weight excluding hydrogens is 372 g/mol. The van der Waals surface area contributed by atoms with Gasteiger partial charge in [0.15, 0.2) is 0 Å². The van der Waals surface area contributed by atoms with E-state index in [-0.39, 0.29) is 17.6 Å². The number of H-pyrrole nitrogens is 1. The normalized spacial score (nSPS) is 15.7. The second-order valence-corrected chi connectivity index (χ2v) is 7.15. The summed E-state index contributed by atoms with van der Waals surface area (Å²) in [4.78, 5) is 25.7. The molecule has 148 valence electrons. The topological polar surface area (TPSA) is 101 Å². The minimum Gasteiger partial charge on any atom is -0.497 e. The van der Waals surface area contributed by atoms with Crippen LogP contribution >= 0.6 is 0 Å². The highest BCUT2D eigenvalue weighted by molar-refractivity contribution is 6.00. The van der Waals surface area contributed by atoms with Crippen molar-refractivity contribution in [3.63, 3.8) is 0 Å². The molecule has 0 radical (unpaired) electrons. The van der Waals surface area contributed by atoms with Crippen LogP contribution in [0.5, 0.6) is 5.75 Å². The fourth-order valence-corrected chi connectivity index (χ4v) is 3.80. The maximum Gasteiger partial charge on any atom is 0.273 e. The van der Waals surface area contributed by atoms with Crippen molar-refractivity contribution >= 4 is 11.6 Å². The Kier molecular flexibility index (Phi) is 4.54. The first kappa shape index (κ1) is 18.7. The summed E-state index contributed by atoms with van der Waals surface area (Å²) in [7, 11) is 1.60. The second-order valence-electron chi connectivity index (χ2n) is 7.15. The quantitative estimate of drug-likeness (QED) is 0.523. The average molecular weight is 392 g/mol. The number of aromatic nitrogens is 2. The molecule has 0 saturated carbocycles. The zero-order chi connectivity index (χ0) is 20.7. The van der Waals surface area contributed by atoms with Crippen LogP contribution in [-0.2, 0) is 0 Å². The van der Waals surface area contributed by atoms with Crippen molar-refractivity contribution < 1.29 is 14.5 Å². The van der Waals surface area contributed by atoms with E-state index in [1.807, 2.05) is 38.1 Å². The first-order chi connectivity index (χ1) is 13.9. The molecule has 1 amide bonds. The van der Waals surface area contributed by atoms with Crippen molar-refractivity contribution in [1.29, 1.82) is 0 Å². The van der Waals surface area contributed by atoms with Crippen LogP contribution in [0.2, 0.25) is 0 Å². The molecule has 1 atom stereocenters. The van der Waals surface area contributed by atoms with Crippen LogP contribution in [0.4, 0.5) is 5.69 Å². The Morgan fingerprint density at radius 2 is 1.93 bits per heavy atom. The van der Waals surface area contributed by atoms with Crippen LogP contribution < -0.4 is 4.74 Å². The van der Waals surface area contributed by atoms with E-state index >= 15 is 0 Å². The van der Waals surface area contributed by atoms with Gasteiger partial charge in [-0.15, -0.1) is 0 Å². The SMILES string of the molecule is COc1ccc(-c2n[nH]c3c2C(c2cccc([N+](=O)[O-])c2)N(C(C)C)C3=O)cc1. The van der Waals surface area contributed by atoms with Gasteiger partial charge in [0.1, 0.15) is 11.4 Å². The number of nitro benzene ring substituents is 1. The number of carbonyl (C=O) groups is 1. The van der Waals surface area contributed by atoms with Gasteiger partial charge in [0, 0.05) is 29.3 Å². The molecule has 1 aliphatic rings. The largest absolute Gasteiger partial charge is 0.497 e.